The first-order chi connectivity index (χ1) is 8.59. The lowest BCUT2D eigenvalue weighted by Crippen LogP contribution is -2.18. The zero-order valence-electron chi connectivity index (χ0n) is 8.91. The van der Waals surface area contributed by atoms with Gasteiger partial charge in [0.2, 0.25) is 5.78 Å². The molecular weight excluding hydrogens is 236 g/mol. The number of Topliss-reactive ketones (excluding diaryl/α,β-unsaturated/α-hetero) is 1. The van der Waals surface area contributed by atoms with Gasteiger partial charge in [-0.05, 0) is 18.2 Å². The molecule has 1 aromatic heterocycles. The minimum Gasteiger partial charge on any atom is -0.504 e. The van der Waals surface area contributed by atoms with Gasteiger partial charge in [0.1, 0.15) is 5.57 Å². The molecule has 1 aliphatic heterocycles. The number of pyridine rings is 1. The zero-order chi connectivity index (χ0) is 12.9. The molecule has 88 valence electrons. The second-order valence-electron chi connectivity index (χ2n) is 3.79. The van der Waals surface area contributed by atoms with Crippen LogP contribution in [0.1, 0.15) is 5.56 Å². The fourth-order valence-corrected chi connectivity index (χ4v) is 1.86. The fourth-order valence-electron chi connectivity index (χ4n) is 1.86. The summed E-state index contributed by atoms with van der Waals surface area (Å²) in [4.78, 5) is 30.5. The van der Waals surface area contributed by atoms with E-state index in [1.54, 1.807) is 18.3 Å². The van der Waals surface area contributed by atoms with Crippen LogP contribution in [-0.2, 0) is 9.59 Å². The summed E-state index contributed by atoms with van der Waals surface area (Å²) < 4.78 is 0. The van der Waals surface area contributed by atoms with E-state index in [2.05, 4.69) is 9.98 Å². The maximum atomic E-state index is 11.7. The SMILES string of the molecule is O=C(O)C1=C(O)C(=O)C(C2=Nc3ncccc32)=C1. The number of aliphatic hydroxyl groups excluding tert-OH is 1. The van der Waals surface area contributed by atoms with Crippen molar-refractivity contribution in [2.75, 3.05) is 0 Å². The van der Waals surface area contributed by atoms with Gasteiger partial charge >= 0.3 is 5.97 Å². The predicted octanol–water partition coefficient (Wildman–Crippen LogP) is 0.922. The van der Waals surface area contributed by atoms with Gasteiger partial charge < -0.3 is 10.2 Å². The fraction of sp³-hybridized carbons (Fsp3) is 0. The summed E-state index contributed by atoms with van der Waals surface area (Å²) in [7, 11) is 0. The maximum absolute atomic E-state index is 11.7. The minimum absolute atomic E-state index is 0.0883. The molecule has 0 fully saturated rings. The molecule has 18 heavy (non-hydrogen) atoms. The molecule has 0 saturated carbocycles. The highest BCUT2D eigenvalue weighted by Crippen LogP contribution is 2.34. The highest BCUT2D eigenvalue weighted by Gasteiger charge is 2.35. The predicted molar refractivity (Wildman–Crippen MR) is 60.8 cm³/mol. The zero-order valence-corrected chi connectivity index (χ0v) is 8.91. The summed E-state index contributed by atoms with van der Waals surface area (Å²) >= 11 is 0. The largest absolute Gasteiger partial charge is 0.504 e. The Bertz CT molecular complexity index is 698. The van der Waals surface area contributed by atoms with Gasteiger partial charge in [0.25, 0.3) is 0 Å². The Morgan fingerprint density at radius 1 is 1.33 bits per heavy atom. The number of carboxylic acids is 1. The van der Waals surface area contributed by atoms with Crippen LogP contribution in [0, 0.1) is 0 Å². The van der Waals surface area contributed by atoms with Crippen molar-refractivity contribution in [3.63, 3.8) is 0 Å². The molecule has 1 aromatic rings. The number of nitrogens with zero attached hydrogens (tertiary/aromatic N) is 2. The number of aliphatic hydroxyl groups is 1. The van der Waals surface area contributed by atoms with Crippen LogP contribution in [-0.4, -0.2) is 32.7 Å². The Morgan fingerprint density at radius 2 is 2.11 bits per heavy atom. The molecule has 3 rings (SSSR count). The highest BCUT2D eigenvalue weighted by atomic mass is 16.4. The molecule has 2 aliphatic rings. The number of carbonyl (C=O) groups excluding carboxylic acids is 1. The molecule has 0 bridgehead atoms. The molecule has 0 aromatic carbocycles. The Morgan fingerprint density at radius 3 is 2.72 bits per heavy atom. The van der Waals surface area contributed by atoms with Crippen LogP contribution < -0.4 is 0 Å². The molecule has 2 N–H and O–H groups in total. The third-order valence-corrected chi connectivity index (χ3v) is 2.75. The summed E-state index contributed by atoms with van der Waals surface area (Å²) in [6.07, 6.45) is 2.71. The summed E-state index contributed by atoms with van der Waals surface area (Å²) in [5.41, 5.74) is 0.725. The van der Waals surface area contributed by atoms with Crippen molar-refractivity contribution in [2.24, 2.45) is 4.99 Å². The number of hydrogen-bond acceptors (Lipinski definition) is 5. The number of hydrogen-bond donors (Lipinski definition) is 2. The molecule has 0 spiro atoms. The molecule has 0 unspecified atom stereocenters. The van der Waals surface area contributed by atoms with Crippen molar-refractivity contribution < 1.29 is 19.8 Å². The first-order valence-electron chi connectivity index (χ1n) is 5.07. The van der Waals surface area contributed by atoms with Crippen LogP contribution in [0.3, 0.4) is 0 Å². The third-order valence-electron chi connectivity index (χ3n) is 2.75. The summed E-state index contributed by atoms with van der Waals surface area (Å²) in [5, 5.41) is 18.3. The van der Waals surface area contributed by atoms with Crippen LogP contribution >= 0.6 is 0 Å². The van der Waals surface area contributed by atoms with Crippen molar-refractivity contribution in [1.82, 2.24) is 4.98 Å². The Hall–Kier alpha value is -2.76. The topological polar surface area (TPSA) is 99.8 Å². The summed E-state index contributed by atoms with van der Waals surface area (Å²) in [6.45, 7) is 0. The van der Waals surface area contributed by atoms with E-state index in [1.165, 1.54) is 0 Å². The minimum atomic E-state index is -1.35. The number of aliphatic imine (C=N–C) groups is 1. The lowest BCUT2D eigenvalue weighted by Gasteiger charge is -2.16. The summed E-state index contributed by atoms with van der Waals surface area (Å²) in [5.74, 6) is -2.31. The lowest BCUT2D eigenvalue weighted by atomic mass is 9.97. The molecule has 6 heteroatoms. The third kappa shape index (κ3) is 1.22. The van der Waals surface area contributed by atoms with Gasteiger partial charge in [-0.1, -0.05) is 0 Å². The first kappa shape index (κ1) is 10.4. The molecule has 0 atom stereocenters. The number of allylic oxidation sites excluding steroid dienone is 1. The number of rotatable bonds is 2. The first-order valence-corrected chi connectivity index (χ1v) is 5.07. The van der Waals surface area contributed by atoms with Crippen molar-refractivity contribution in [1.29, 1.82) is 0 Å². The van der Waals surface area contributed by atoms with Crippen molar-refractivity contribution >= 4 is 23.3 Å². The van der Waals surface area contributed by atoms with Gasteiger partial charge in [-0.25, -0.2) is 14.8 Å². The Labute approximate surface area is 101 Å². The molecular formula is C12H6N2O4. The average molecular weight is 242 g/mol. The normalized spacial score (nSPS) is 17.0. The van der Waals surface area contributed by atoms with Crippen LogP contribution in [0.25, 0.3) is 0 Å². The number of carbonyl (C=O) groups is 2. The van der Waals surface area contributed by atoms with Crippen molar-refractivity contribution in [2.45, 2.75) is 0 Å². The van der Waals surface area contributed by atoms with Crippen LogP contribution in [0.4, 0.5) is 5.82 Å². The van der Waals surface area contributed by atoms with Gasteiger partial charge in [-0.15, -0.1) is 0 Å². The van der Waals surface area contributed by atoms with Gasteiger partial charge in [0.15, 0.2) is 11.6 Å². The molecule has 0 radical (unpaired) electrons. The monoisotopic (exact) mass is 242 g/mol. The van der Waals surface area contributed by atoms with Crippen molar-refractivity contribution in [3.05, 3.63) is 46.9 Å². The van der Waals surface area contributed by atoms with Gasteiger partial charge in [0.05, 0.1) is 11.3 Å². The Balaban J connectivity index is 2.02. The van der Waals surface area contributed by atoms with E-state index < -0.39 is 23.1 Å². The summed E-state index contributed by atoms with van der Waals surface area (Å²) in [6, 6.07) is 3.42. The van der Waals surface area contributed by atoms with Gasteiger partial charge in [0, 0.05) is 11.8 Å². The average Bonchev–Trinajstić information content (AvgIpc) is 2.59. The van der Waals surface area contributed by atoms with Crippen LogP contribution in [0.5, 0.6) is 0 Å². The van der Waals surface area contributed by atoms with E-state index >= 15 is 0 Å². The van der Waals surface area contributed by atoms with E-state index in [0.717, 1.165) is 6.08 Å². The smallest absolute Gasteiger partial charge is 0.339 e. The van der Waals surface area contributed by atoms with E-state index in [0.29, 0.717) is 17.1 Å². The molecule has 2 heterocycles. The lowest BCUT2D eigenvalue weighted by molar-refractivity contribution is -0.132. The number of aromatic nitrogens is 1. The van der Waals surface area contributed by atoms with E-state index in [4.69, 9.17) is 5.11 Å². The molecule has 6 nitrogen and oxygen atoms in total. The second-order valence-corrected chi connectivity index (χ2v) is 3.79. The molecule has 0 amide bonds. The van der Waals surface area contributed by atoms with E-state index in [1.807, 2.05) is 0 Å². The van der Waals surface area contributed by atoms with E-state index in [-0.39, 0.29) is 5.57 Å². The number of ketones is 1. The molecule has 0 saturated heterocycles. The highest BCUT2D eigenvalue weighted by molar-refractivity contribution is 6.38. The number of carboxylic acid groups (broad SMARTS) is 1. The quantitative estimate of drug-likeness (QED) is 0.803. The maximum Gasteiger partial charge on any atom is 0.339 e. The number of fused-ring (bicyclic) bond motifs is 1. The van der Waals surface area contributed by atoms with Crippen molar-refractivity contribution in [3.8, 4) is 0 Å². The standard InChI is InChI=1S/C12H6N2O4/c15-9-6(4-7(10(9)16)12(17)18)8-5-2-1-3-13-11(5)14-8/h1-4H,(H,15,16)(H,17,18). The second kappa shape index (κ2) is 3.36. The van der Waals surface area contributed by atoms with Crippen LogP contribution in [0.15, 0.2) is 46.3 Å². The van der Waals surface area contributed by atoms with Crippen LogP contribution in [0.2, 0.25) is 0 Å². The number of aliphatic carboxylic acids is 1. The Kier molecular flexibility index (Phi) is 1.94. The molecule has 1 aliphatic carbocycles. The van der Waals surface area contributed by atoms with Gasteiger partial charge in [-0.2, -0.15) is 0 Å². The van der Waals surface area contributed by atoms with Gasteiger partial charge in [-0.3, -0.25) is 4.79 Å². The van der Waals surface area contributed by atoms with E-state index in [9.17, 15) is 14.7 Å².